The van der Waals surface area contributed by atoms with E-state index in [4.69, 9.17) is 9.15 Å². The van der Waals surface area contributed by atoms with E-state index in [1.807, 2.05) is 0 Å². The number of hydrogen-bond donors (Lipinski definition) is 0. The lowest BCUT2D eigenvalue weighted by Crippen LogP contribution is -2.40. The van der Waals surface area contributed by atoms with E-state index in [0.29, 0.717) is 16.7 Å². The maximum absolute atomic E-state index is 12.2. The molecule has 0 saturated heterocycles. The number of fused-ring (bicyclic) bond motifs is 1. The first-order chi connectivity index (χ1) is 11.1. The van der Waals surface area contributed by atoms with Gasteiger partial charge in [-0.3, -0.25) is 4.79 Å². The molecule has 1 aliphatic rings. The fourth-order valence-corrected chi connectivity index (χ4v) is 2.97. The molecule has 1 saturated carbocycles. The van der Waals surface area contributed by atoms with E-state index >= 15 is 0 Å². The van der Waals surface area contributed by atoms with Gasteiger partial charge in [0.05, 0.1) is 5.56 Å². The average molecular weight is 316 g/mol. The van der Waals surface area contributed by atoms with Crippen LogP contribution in [0.3, 0.4) is 0 Å². The fraction of sp³-hybridized carbons (Fsp3) is 0.471. The largest absolute Gasteiger partial charge is 0.452 e. The van der Waals surface area contributed by atoms with Crippen molar-refractivity contribution in [3.05, 3.63) is 30.2 Å². The van der Waals surface area contributed by atoms with Crippen LogP contribution in [0.1, 0.15) is 42.5 Å². The van der Waals surface area contributed by atoms with Gasteiger partial charge in [0.15, 0.2) is 18.6 Å². The number of amides is 1. The number of nitrogens with zero attached hydrogens (tertiary/aromatic N) is 2. The molecule has 6 heteroatoms. The third-order valence-electron chi connectivity index (χ3n) is 4.41. The Bertz CT molecular complexity index is 703. The van der Waals surface area contributed by atoms with E-state index in [-0.39, 0.29) is 18.6 Å². The zero-order valence-corrected chi connectivity index (χ0v) is 13.2. The molecule has 1 aliphatic carbocycles. The van der Waals surface area contributed by atoms with Gasteiger partial charge < -0.3 is 14.1 Å². The molecule has 1 heterocycles. The van der Waals surface area contributed by atoms with E-state index in [9.17, 15) is 9.59 Å². The number of benzene rings is 1. The molecule has 0 radical (unpaired) electrons. The van der Waals surface area contributed by atoms with Crippen LogP contribution < -0.4 is 0 Å². The summed E-state index contributed by atoms with van der Waals surface area (Å²) in [4.78, 5) is 29.9. The summed E-state index contributed by atoms with van der Waals surface area (Å²) < 4.78 is 10.3. The Morgan fingerprint density at radius 1 is 1.30 bits per heavy atom. The Morgan fingerprint density at radius 2 is 2.09 bits per heavy atom. The number of carbonyl (C=O) groups excluding carboxylic acids is 2. The van der Waals surface area contributed by atoms with Crippen LogP contribution in [-0.2, 0) is 9.53 Å². The number of carbonyl (C=O) groups is 2. The van der Waals surface area contributed by atoms with Crippen LogP contribution in [0.2, 0.25) is 0 Å². The molecule has 122 valence electrons. The van der Waals surface area contributed by atoms with E-state index in [2.05, 4.69) is 4.98 Å². The van der Waals surface area contributed by atoms with Crippen LogP contribution in [0.5, 0.6) is 0 Å². The molecule has 6 nitrogen and oxygen atoms in total. The van der Waals surface area contributed by atoms with Crippen molar-refractivity contribution >= 4 is 23.0 Å². The molecule has 1 aromatic carbocycles. The second-order valence-corrected chi connectivity index (χ2v) is 5.91. The van der Waals surface area contributed by atoms with Crippen molar-refractivity contribution < 1.29 is 18.7 Å². The van der Waals surface area contributed by atoms with Crippen molar-refractivity contribution in [2.75, 3.05) is 13.7 Å². The highest BCUT2D eigenvalue weighted by Crippen LogP contribution is 2.21. The third-order valence-corrected chi connectivity index (χ3v) is 4.41. The van der Waals surface area contributed by atoms with Crippen molar-refractivity contribution in [1.29, 1.82) is 0 Å². The van der Waals surface area contributed by atoms with E-state index < -0.39 is 5.97 Å². The van der Waals surface area contributed by atoms with Gasteiger partial charge in [0.1, 0.15) is 5.52 Å². The molecule has 0 atom stereocenters. The molecular weight excluding hydrogens is 296 g/mol. The van der Waals surface area contributed by atoms with Gasteiger partial charge in [0.2, 0.25) is 0 Å². The second-order valence-electron chi connectivity index (χ2n) is 5.91. The van der Waals surface area contributed by atoms with Crippen LogP contribution in [0, 0.1) is 0 Å². The van der Waals surface area contributed by atoms with Crippen LogP contribution >= 0.6 is 0 Å². The van der Waals surface area contributed by atoms with Crippen LogP contribution in [0.25, 0.3) is 11.1 Å². The zero-order chi connectivity index (χ0) is 16.2. The first kappa shape index (κ1) is 15.5. The maximum atomic E-state index is 12.2. The highest BCUT2D eigenvalue weighted by Gasteiger charge is 2.23. The predicted molar refractivity (Wildman–Crippen MR) is 83.9 cm³/mol. The number of oxazole rings is 1. The van der Waals surface area contributed by atoms with Gasteiger partial charge in [-0.15, -0.1) is 0 Å². The molecule has 1 fully saturated rings. The van der Waals surface area contributed by atoms with Gasteiger partial charge in [-0.05, 0) is 31.0 Å². The smallest absolute Gasteiger partial charge is 0.338 e. The molecule has 1 amide bonds. The summed E-state index contributed by atoms with van der Waals surface area (Å²) in [7, 11) is 1.79. The lowest BCUT2D eigenvalue weighted by molar-refractivity contribution is -0.135. The van der Waals surface area contributed by atoms with Gasteiger partial charge in [-0.2, -0.15) is 0 Å². The molecule has 3 rings (SSSR count). The summed E-state index contributed by atoms with van der Waals surface area (Å²) in [5.74, 6) is -0.687. The number of esters is 1. The number of rotatable bonds is 4. The van der Waals surface area contributed by atoms with Crippen molar-refractivity contribution in [2.24, 2.45) is 0 Å². The summed E-state index contributed by atoms with van der Waals surface area (Å²) in [5, 5.41) is 0. The Morgan fingerprint density at radius 3 is 2.87 bits per heavy atom. The van der Waals surface area contributed by atoms with Crippen LogP contribution in [0.4, 0.5) is 0 Å². The summed E-state index contributed by atoms with van der Waals surface area (Å²) in [6.45, 7) is -0.233. The minimum Gasteiger partial charge on any atom is -0.452 e. The SMILES string of the molecule is CN(C(=O)COC(=O)c1ccc2ocnc2c1)C1CCCCC1. The predicted octanol–water partition coefficient (Wildman–Crippen LogP) is 2.78. The van der Waals surface area contributed by atoms with Gasteiger partial charge in [0, 0.05) is 13.1 Å². The molecule has 0 aliphatic heterocycles. The number of aromatic nitrogens is 1. The summed E-state index contributed by atoms with van der Waals surface area (Å²) in [5.41, 5.74) is 1.55. The van der Waals surface area contributed by atoms with Gasteiger partial charge in [0.25, 0.3) is 5.91 Å². The number of hydrogen-bond acceptors (Lipinski definition) is 5. The molecule has 0 spiro atoms. The molecule has 0 bridgehead atoms. The standard InChI is InChI=1S/C17H20N2O4/c1-19(13-5-3-2-4-6-13)16(20)10-22-17(21)12-7-8-15-14(9-12)18-11-23-15/h7-9,11,13H,2-6,10H2,1H3. The van der Waals surface area contributed by atoms with Gasteiger partial charge in [-0.25, -0.2) is 9.78 Å². The molecule has 2 aromatic rings. The molecule has 23 heavy (non-hydrogen) atoms. The topological polar surface area (TPSA) is 72.6 Å². The Hall–Kier alpha value is -2.37. The second kappa shape index (κ2) is 6.81. The van der Waals surface area contributed by atoms with Crippen molar-refractivity contribution in [3.8, 4) is 0 Å². The number of ether oxygens (including phenoxy) is 1. The maximum Gasteiger partial charge on any atom is 0.338 e. The Balaban J connectivity index is 1.56. The lowest BCUT2D eigenvalue weighted by atomic mass is 9.94. The van der Waals surface area contributed by atoms with Crippen LogP contribution in [-0.4, -0.2) is 41.5 Å². The quantitative estimate of drug-likeness (QED) is 0.811. The third kappa shape index (κ3) is 3.52. The molecule has 1 aromatic heterocycles. The zero-order valence-electron chi connectivity index (χ0n) is 13.2. The van der Waals surface area contributed by atoms with Gasteiger partial charge >= 0.3 is 5.97 Å². The van der Waals surface area contributed by atoms with Gasteiger partial charge in [-0.1, -0.05) is 19.3 Å². The van der Waals surface area contributed by atoms with Crippen molar-refractivity contribution in [1.82, 2.24) is 9.88 Å². The Kier molecular flexibility index (Phi) is 4.60. The minimum absolute atomic E-state index is 0.159. The highest BCUT2D eigenvalue weighted by molar-refractivity contribution is 5.94. The summed E-state index contributed by atoms with van der Waals surface area (Å²) in [6.07, 6.45) is 6.91. The Labute approximate surface area is 134 Å². The fourth-order valence-electron chi connectivity index (χ4n) is 2.97. The van der Waals surface area contributed by atoms with E-state index in [0.717, 1.165) is 25.7 Å². The molecule has 0 unspecified atom stereocenters. The average Bonchev–Trinajstić information content (AvgIpc) is 3.07. The van der Waals surface area contributed by atoms with E-state index in [1.54, 1.807) is 30.1 Å². The molecular formula is C17H20N2O4. The lowest BCUT2D eigenvalue weighted by Gasteiger charge is -2.31. The highest BCUT2D eigenvalue weighted by atomic mass is 16.5. The normalized spacial score (nSPS) is 15.5. The summed E-state index contributed by atoms with van der Waals surface area (Å²) in [6, 6.07) is 5.12. The minimum atomic E-state index is -0.528. The first-order valence-electron chi connectivity index (χ1n) is 7.91. The number of likely N-dealkylation sites (N-methyl/N-ethyl adjacent to an activating group) is 1. The van der Waals surface area contributed by atoms with Crippen LogP contribution in [0.15, 0.2) is 29.0 Å². The monoisotopic (exact) mass is 316 g/mol. The van der Waals surface area contributed by atoms with Crippen molar-refractivity contribution in [2.45, 2.75) is 38.1 Å². The first-order valence-corrected chi connectivity index (χ1v) is 7.91. The summed E-state index contributed by atoms with van der Waals surface area (Å²) >= 11 is 0. The van der Waals surface area contributed by atoms with E-state index in [1.165, 1.54) is 12.8 Å². The molecule has 0 N–H and O–H groups in total. The van der Waals surface area contributed by atoms with Crippen molar-refractivity contribution in [3.63, 3.8) is 0 Å².